The molecule has 2 unspecified atom stereocenters. The van der Waals surface area contributed by atoms with Crippen molar-refractivity contribution in [3.05, 3.63) is 35.7 Å². The Hall–Kier alpha value is -1.73. The van der Waals surface area contributed by atoms with Gasteiger partial charge in [0.2, 0.25) is 0 Å². The quantitative estimate of drug-likeness (QED) is 0.747. The van der Waals surface area contributed by atoms with Crippen molar-refractivity contribution in [2.75, 3.05) is 6.54 Å². The normalized spacial score (nSPS) is 21.6. The molecule has 0 fully saturated rings. The van der Waals surface area contributed by atoms with Crippen molar-refractivity contribution >= 4 is 28.2 Å². The monoisotopic (exact) mass is 367 g/mol. The molecule has 0 aliphatic carbocycles. The Bertz CT molecular complexity index is 780. The Morgan fingerprint density at radius 2 is 2.08 bits per heavy atom. The maximum atomic E-state index is 15.2. The van der Waals surface area contributed by atoms with Crippen LogP contribution in [0, 0.1) is 11.2 Å². The van der Waals surface area contributed by atoms with Gasteiger partial charge in [-0.15, -0.1) is 0 Å². The van der Waals surface area contributed by atoms with Crippen LogP contribution in [0.4, 0.5) is 14.5 Å². The number of rotatable bonds is 3. The average molecular weight is 367 g/mol. The van der Waals surface area contributed by atoms with Crippen LogP contribution in [-0.2, 0) is 11.1 Å². The molecule has 0 saturated carbocycles. The summed E-state index contributed by atoms with van der Waals surface area (Å²) in [5.74, 6) is -0.810. The zero-order valence-corrected chi connectivity index (χ0v) is 15.5. The number of halogens is 2. The zero-order valence-electron chi connectivity index (χ0n) is 14.7. The highest BCUT2D eigenvalue weighted by Crippen LogP contribution is 2.29. The number of allylic oxidation sites excluding steroid dienone is 1. The molecule has 1 aromatic carbocycles. The summed E-state index contributed by atoms with van der Waals surface area (Å²) in [5, 5.41) is 0. The van der Waals surface area contributed by atoms with Gasteiger partial charge in [-0.1, -0.05) is 33.8 Å². The van der Waals surface area contributed by atoms with E-state index in [9.17, 15) is 13.2 Å². The maximum absolute atomic E-state index is 15.2. The molecule has 0 spiro atoms. The van der Waals surface area contributed by atoms with E-state index >= 15 is 4.39 Å². The first-order valence-electron chi connectivity index (χ1n) is 8.00. The van der Waals surface area contributed by atoms with Crippen molar-refractivity contribution in [1.82, 2.24) is 0 Å². The molecule has 7 heteroatoms. The predicted molar refractivity (Wildman–Crippen MR) is 95.7 cm³/mol. The lowest BCUT2D eigenvalue weighted by Gasteiger charge is -2.25. The topological polar surface area (TPSA) is 64.8 Å². The van der Waals surface area contributed by atoms with Crippen LogP contribution >= 0.6 is 0 Å². The molecule has 2 rings (SSSR count). The lowest BCUT2D eigenvalue weighted by molar-refractivity contribution is 0.465. The molecular formula is C18H21F2N2O2S-. The van der Waals surface area contributed by atoms with Crippen LogP contribution in [0.25, 0.3) is 0 Å². The van der Waals surface area contributed by atoms with Gasteiger partial charge in [0.25, 0.3) is 0 Å². The molecule has 136 valence electrons. The predicted octanol–water partition coefficient (Wildman–Crippen LogP) is 4.31. The highest BCUT2D eigenvalue weighted by molar-refractivity contribution is 7.79. The van der Waals surface area contributed by atoms with Gasteiger partial charge >= 0.3 is 0 Å². The zero-order chi connectivity index (χ0) is 18.8. The van der Waals surface area contributed by atoms with Gasteiger partial charge in [0.1, 0.15) is 5.82 Å². The first kappa shape index (κ1) is 19.6. The van der Waals surface area contributed by atoms with Gasteiger partial charge in [0.15, 0.2) is 6.17 Å². The van der Waals surface area contributed by atoms with E-state index < -0.39 is 28.5 Å². The van der Waals surface area contributed by atoms with E-state index in [1.54, 1.807) is 6.08 Å². The Morgan fingerprint density at radius 3 is 2.60 bits per heavy atom. The third kappa shape index (κ3) is 4.46. The average Bonchev–Trinajstić information content (AvgIpc) is 2.68. The molecule has 0 radical (unpaired) electrons. The minimum atomic E-state index is -2.53. The molecule has 1 heterocycles. The SMILES string of the molecule is CCC1=CCN=C(C(C)(C)C)C(F)C1=Nc1ccc(S(=O)[O-])cc1F. The van der Waals surface area contributed by atoms with Crippen LogP contribution in [0.2, 0.25) is 0 Å². The van der Waals surface area contributed by atoms with E-state index in [1.165, 1.54) is 12.1 Å². The second-order valence-corrected chi connectivity index (χ2v) is 7.71. The van der Waals surface area contributed by atoms with E-state index in [-0.39, 0.29) is 16.3 Å². The van der Waals surface area contributed by atoms with E-state index in [4.69, 9.17) is 0 Å². The van der Waals surface area contributed by atoms with Gasteiger partial charge in [-0.3, -0.25) is 9.20 Å². The van der Waals surface area contributed by atoms with Crippen LogP contribution < -0.4 is 0 Å². The van der Waals surface area contributed by atoms with E-state index in [1.807, 2.05) is 27.7 Å². The highest BCUT2D eigenvalue weighted by atomic mass is 32.2. The Labute approximate surface area is 149 Å². The van der Waals surface area contributed by atoms with E-state index in [2.05, 4.69) is 9.98 Å². The van der Waals surface area contributed by atoms with E-state index in [0.717, 1.165) is 6.07 Å². The van der Waals surface area contributed by atoms with Gasteiger partial charge < -0.3 is 4.55 Å². The molecule has 0 bridgehead atoms. The second-order valence-electron chi connectivity index (χ2n) is 6.77. The van der Waals surface area contributed by atoms with E-state index in [0.29, 0.717) is 24.3 Å². The lowest BCUT2D eigenvalue weighted by atomic mass is 9.84. The fraction of sp³-hybridized carbons (Fsp3) is 0.444. The first-order valence-corrected chi connectivity index (χ1v) is 9.08. The second kappa shape index (κ2) is 7.66. The summed E-state index contributed by atoms with van der Waals surface area (Å²) in [6.45, 7) is 7.83. The van der Waals surface area contributed by atoms with Gasteiger partial charge in [-0.05, 0) is 41.3 Å². The Kier molecular flexibility index (Phi) is 6.00. The molecule has 0 aromatic heterocycles. The van der Waals surface area contributed by atoms with Crippen LogP contribution in [0.1, 0.15) is 34.1 Å². The van der Waals surface area contributed by atoms with Crippen LogP contribution in [0.15, 0.2) is 44.7 Å². The molecular weight excluding hydrogens is 346 g/mol. The molecule has 1 aromatic rings. The summed E-state index contributed by atoms with van der Waals surface area (Å²) >= 11 is -2.53. The lowest BCUT2D eigenvalue weighted by Crippen LogP contribution is -2.35. The number of aliphatic imine (C=N–C) groups is 2. The van der Waals surface area contributed by atoms with Crippen molar-refractivity contribution in [2.24, 2.45) is 15.4 Å². The largest absolute Gasteiger partial charge is 0.768 e. The molecule has 2 atom stereocenters. The van der Waals surface area contributed by atoms with Crippen molar-refractivity contribution in [1.29, 1.82) is 0 Å². The molecule has 1 aliphatic heterocycles. The summed E-state index contributed by atoms with van der Waals surface area (Å²) in [6.07, 6.45) is 0.793. The molecule has 0 saturated heterocycles. The molecule has 0 amide bonds. The number of nitrogens with zero attached hydrogens (tertiary/aromatic N) is 2. The third-order valence-electron chi connectivity index (χ3n) is 3.91. The number of benzene rings is 1. The number of hydrogen-bond donors (Lipinski definition) is 0. The fourth-order valence-corrected chi connectivity index (χ4v) is 2.99. The Morgan fingerprint density at radius 1 is 1.40 bits per heavy atom. The van der Waals surface area contributed by atoms with Crippen LogP contribution in [0.3, 0.4) is 0 Å². The van der Waals surface area contributed by atoms with Gasteiger partial charge in [-0.25, -0.2) is 13.8 Å². The van der Waals surface area contributed by atoms with Crippen molar-refractivity contribution in [3.63, 3.8) is 0 Å². The maximum Gasteiger partial charge on any atom is 0.180 e. The Balaban J connectivity index is 2.54. The smallest absolute Gasteiger partial charge is 0.180 e. The summed E-state index contributed by atoms with van der Waals surface area (Å²) in [4.78, 5) is 8.35. The van der Waals surface area contributed by atoms with Crippen molar-refractivity contribution in [2.45, 2.75) is 45.2 Å². The molecule has 1 aliphatic rings. The van der Waals surface area contributed by atoms with Crippen molar-refractivity contribution < 1.29 is 17.5 Å². The molecule has 25 heavy (non-hydrogen) atoms. The third-order valence-corrected chi connectivity index (χ3v) is 4.55. The molecule has 0 N–H and O–H groups in total. The highest BCUT2D eigenvalue weighted by Gasteiger charge is 2.33. The van der Waals surface area contributed by atoms with Gasteiger partial charge in [0, 0.05) is 10.3 Å². The number of hydrogen-bond acceptors (Lipinski definition) is 4. The van der Waals surface area contributed by atoms with Crippen molar-refractivity contribution in [3.8, 4) is 0 Å². The van der Waals surface area contributed by atoms with Gasteiger partial charge in [-0.2, -0.15) is 0 Å². The summed E-state index contributed by atoms with van der Waals surface area (Å²) < 4.78 is 51.2. The number of alkyl halides is 1. The van der Waals surface area contributed by atoms with Gasteiger partial charge in [0.05, 0.1) is 23.7 Å². The first-order chi connectivity index (χ1) is 11.6. The van der Waals surface area contributed by atoms with Crippen LogP contribution in [-0.4, -0.2) is 32.9 Å². The minimum absolute atomic E-state index is 0.0960. The molecule has 4 nitrogen and oxygen atoms in total. The summed E-state index contributed by atoms with van der Waals surface area (Å²) in [6, 6.07) is 3.36. The minimum Gasteiger partial charge on any atom is -0.768 e. The summed E-state index contributed by atoms with van der Waals surface area (Å²) in [5.41, 5.74) is 0.582. The standard InChI is InChI=1S/C18H22F2N2O2S/c1-5-11-8-9-21-17(18(2,3)4)15(20)16(11)22-14-7-6-12(25(23)24)10-13(14)19/h6-8,10,15H,5,9H2,1-4H3,(H,23,24)/p-1. The van der Waals surface area contributed by atoms with Crippen LogP contribution in [0.5, 0.6) is 0 Å². The fourth-order valence-electron chi connectivity index (χ4n) is 2.61. The summed E-state index contributed by atoms with van der Waals surface area (Å²) in [7, 11) is 0.